The van der Waals surface area contributed by atoms with E-state index in [2.05, 4.69) is 19.2 Å². The number of hydrogen-bond acceptors (Lipinski definition) is 3. The van der Waals surface area contributed by atoms with E-state index in [4.69, 9.17) is 9.47 Å². The molecule has 0 aromatic carbocycles. The van der Waals surface area contributed by atoms with E-state index in [1.807, 2.05) is 6.92 Å². The Morgan fingerprint density at radius 3 is 2.50 bits per heavy atom. The Labute approximate surface area is 88.2 Å². The smallest absolute Gasteiger partial charge is 0.0590 e. The number of nitrogens with one attached hydrogen (secondary N) is 1. The molecular formula is C11H25NO2. The third-order valence-corrected chi connectivity index (χ3v) is 1.83. The van der Waals surface area contributed by atoms with Gasteiger partial charge in [-0.15, -0.1) is 0 Å². The van der Waals surface area contributed by atoms with Crippen molar-refractivity contribution in [2.75, 3.05) is 32.9 Å². The van der Waals surface area contributed by atoms with Crippen molar-refractivity contribution >= 4 is 0 Å². The van der Waals surface area contributed by atoms with Crippen LogP contribution in [0.5, 0.6) is 0 Å². The third-order valence-electron chi connectivity index (χ3n) is 1.83. The molecule has 0 saturated carbocycles. The Balaban J connectivity index is 2.85. The molecule has 0 heterocycles. The first-order valence-electron chi connectivity index (χ1n) is 5.67. The van der Waals surface area contributed by atoms with Gasteiger partial charge in [0.15, 0.2) is 0 Å². The molecule has 0 fully saturated rings. The monoisotopic (exact) mass is 203 g/mol. The minimum absolute atomic E-state index is 0.362. The van der Waals surface area contributed by atoms with E-state index in [9.17, 15) is 0 Å². The summed E-state index contributed by atoms with van der Waals surface area (Å²) in [6, 6.07) is 0. The second-order valence-electron chi connectivity index (χ2n) is 3.57. The zero-order valence-electron chi connectivity index (χ0n) is 9.84. The average Bonchev–Trinajstić information content (AvgIpc) is 2.15. The van der Waals surface area contributed by atoms with Gasteiger partial charge in [-0.3, -0.25) is 0 Å². The van der Waals surface area contributed by atoms with Crippen LogP contribution >= 0.6 is 0 Å². The molecule has 0 unspecified atom stereocenters. The van der Waals surface area contributed by atoms with Gasteiger partial charge in [0.2, 0.25) is 0 Å². The van der Waals surface area contributed by atoms with Crippen LogP contribution in [0.4, 0.5) is 0 Å². The average molecular weight is 203 g/mol. The van der Waals surface area contributed by atoms with Crippen molar-refractivity contribution < 1.29 is 9.47 Å². The van der Waals surface area contributed by atoms with Crippen LogP contribution in [-0.4, -0.2) is 39.0 Å². The second-order valence-corrected chi connectivity index (χ2v) is 3.57. The summed E-state index contributed by atoms with van der Waals surface area (Å²) in [5.74, 6) is 0. The van der Waals surface area contributed by atoms with Crippen LogP contribution in [0.3, 0.4) is 0 Å². The Bertz CT molecular complexity index is 107. The number of unbranched alkanes of at least 4 members (excludes halogenated alkanes) is 1. The fourth-order valence-electron chi connectivity index (χ4n) is 1.08. The lowest BCUT2D eigenvalue weighted by molar-refractivity contribution is 0.0759. The van der Waals surface area contributed by atoms with Crippen molar-refractivity contribution in [2.45, 2.75) is 39.7 Å². The molecule has 3 nitrogen and oxygen atoms in total. The van der Waals surface area contributed by atoms with E-state index in [1.54, 1.807) is 0 Å². The van der Waals surface area contributed by atoms with Crippen LogP contribution < -0.4 is 5.32 Å². The summed E-state index contributed by atoms with van der Waals surface area (Å²) in [4.78, 5) is 0. The molecule has 0 bridgehead atoms. The molecular weight excluding hydrogens is 178 g/mol. The zero-order chi connectivity index (χ0) is 10.6. The molecule has 0 aromatic heterocycles. The van der Waals surface area contributed by atoms with Gasteiger partial charge in [0, 0.05) is 19.8 Å². The Morgan fingerprint density at radius 2 is 1.86 bits per heavy atom. The number of ether oxygens (including phenoxy) is 2. The molecule has 86 valence electrons. The maximum atomic E-state index is 5.43. The van der Waals surface area contributed by atoms with Gasteiger partial charge in [-0.1, -0.05) is 0 Å². The normalized spacial score (nSPS) is 11.1. The van der Waals surface area contributed by atoms with Crippen molar-refractivity contribution in [3.8, 4) is 0 Å². The van der Waals surface area contributed by atoms with Gasteiger partial charge in [0.25, 0.3) is 0 Å². The van der Waals surface area contributed by atoms with Gasteiger partial charge < -0.3 is 14.8 Å². The van der Waals surface area contributed by atoms with Crippen LogP contribution in [0.1, 0.15) is 33.6 Å². The summed E-state index contributed by atoms with van der Waals surface area (Å²) in [7, 11) is 0. The molecule has 0 aliphatic heterocycles. The minimum atomic E-state index is 0.362. The first-order chi connectivity index (χ1) is 6.77. The van der Waals surface area contributed by atoms with Crippen molar-refractivity contribution in [3.63, 3.8) is 0 Å². The highest BCUT2D eigenvalue weighted by molar-refractivity contribution is 4.48. The van der Waals surface area contributed by atoms with Crippen molar-refractivity contribution in [2.24, 2.45) is 0 Å². The number of hydrogen-bond donors (Lipinski definition) is 1. The van der Waals surface area contributed by atoms with Gasteiger partial charge in [-0.05, 0) is 40.2 Å². The first kappa shape index (κ1) is 13.9. The molecule has 14 heavy (non-hydrogen) atoms. The standard InChI is InChI=1S/C11H25NO2/c1-4-13-10-8-12-7-5-6-9-14-11(2)3/h11-12H,4-10H2,1-3H3. The van der Waals surface area contributed by atoms with Crippen molar-refractivity contribution in [1.82, 2.24) is 5.32 Å². The molecule has 1 N–H and O–H groups in total. The number of rotatable bonds is 10. The minimum Gasteiger partial charge on any atom is -0.380 e. The van der Waals surface area contributed by atoms with Crippen molar-refractivity contribution in [3.05, 3.63) is 0 Å². The fourth-order valence-corrected chi connectivity index (χ4v) is 1.08. The van der Waals surface area contributed by atoms with Crippen LogP contribution in [0.25, 0.3) is 0 Å². The van der Waals surface area contributed by atoms with E-state index in [0.717, 1.165) is 39.3 Å². The highest BCUT2D eigenvalue weighted by Crippen LogP contribution is 1.93. The summed E-state index contributed by atoms with van der Waals surface area (Å²) in [5.41, 5.74) is 0. The molecule has 0 atom stereocenters. The highest BCUT2D eigenvalue weighted by Gasteiger charge is 1.93. The maximum absolute atomic E-state index is 5.43. The Morgan fingerprint density at radius 1 is 1.07 bits per heavy atom. The molecule has 0 aliphatic carbocycles. The second kappa shape index (κ2) is 11.0. The lowest BCUT2D eigenvalue weighted by atomic mass is 10.3. The van der Waals surface area contributed by atoms with Crippen molar-refractivity contribution in [1.29, 1.82) is 0 Å². The summed E-state index contributed by atoms with van der Waals surface area (Å²) >= 11 is 0. The van der Waals surface area contributed by atoms with E-state index >= 15 is 0 Å². The molecule has 0 saturated heterocycles. The Hall–Kier alpha value is -0.120. The van der Waals surface area contributed by atoms with Crippen LogP contribution in [0.15, 0.2) is 0 Å². The van der Waals surface area contributed by atoms with Crippen LogP contribution in [0, 0.1) is 0 Å². The predicted molar refractivity (Wildman–Crippen MR) is 59.7 cm³/mol. The summed E-state index contributed by atoms with van der Waals surface area (Å²) in [5, 5.41) is 3.33. The summed E-state index contributed by atoms with van der Waals surface area (Å²) in [6.45, 7) is 10.7. The van der Waals surface area contributed by atoms with E-state index in [-0.39, 0.29) is 0 Å². The highest BCUT2D eigenvalue weighted by atomic mass is 16.5. The van der Waals surface area contributed by atoms with E-state index in [0.29, 0.717) is 6.10 Å². The molecule has 0 amide bonds. The summed E-state index contributed by atoms with van der Waals surface area (Å²) in [6.07, 6.45) is 2.68. The summed E-state index contributed by atoms with van der Waals surface area (Å²) < 4.78 is 10.6. The molecule has 0 aliphatic rings. The lowest BCUT2D eigenvalue weighted by Gasteiger charge is -2.07. The SMILES string of the molecule is CCOCCNCCCCOC(C)C. The molecule has 0 rings (SSSR count). The quantitative estimate of drug-likeness (QED) is 0.549. The van der Waals surface area contributed by atoms with E-state index in [1.165, 1.54) is 6.42 Å². The van der Waals surface area contributed by atoms with Gasteiger partial charge in [0.05, 0.1) is 12.7 Å². The Kier molecular flexibility index (Phi) is 10.9. The molecule has 0 spiro atoms. The third kappa shape index (κ3) is 11.9. The van der Waals surface area contributed by atoms with Gasteiger partial charge >= 0.3 is 0 Å². The topological polar surface area (TPSA) is 30.5 Å². The van der Waals surface area contributed by atoms with Crippen LogP contribution in [-0.2, 0) is 9.47 Å². The van der Waals surface area contributed by atoms with Gasteiger partial charge in [0.1, 0.15) is 0 Å². The fraction of sp³-hybridized carbons (Fsp3) is 1.00. The molecule has 0 aromatic rings. The zero-order valence-corrected chi connectivity index (χ0v) is 9.84. The maximum Gasteiger partial charge on any atom is 0.0590 e. The van der Waals surface area contributed by atoms with E-state index < -0.39 is 0 Å². The predicted octanol–water partition coefficient (Wildman–Crippen LogP) is 1.82. The lowest BCUT2D eigenvalue weighted by Crippen LogP contribution is -2.21. The first-order valence-corrected chi connectivity index (χ1v) is 5.67. The molecule has 3 heteroatoms. The van der Waals surface area contributed by atoms with Gasteiger partial charge in [-0.25, -0.2) is 0 Å². The van der Waals surface area contributed by atoms with Gasteiger partial charge in [-0.2, -0.15) is 0 Å². The largest absolute Gasteiger partial charge is 0.380 e. The molecule has 0 radical (unpaired) electrons. The van der Waals surface area contributed by atoms with Crippen LogP contribution in [0.2, 0.25) is 0 Å².